The first-order valence-corrected chi connectivity index (χ1v) is 7.11. The number of aromatic carboxylic acids is 1. The number of carbonyl (C=O) groups excluding carboxylic acids is 2. The molecule has 2 bridgehead atoms. The van der Waals surface area contributed by atoms with Gasteiger partial charge < -0.3 is 10.2 Å². The van der Waals surface area contributed by atoms with Crippen LogP contribution in [-0.2, 0) is 9.59 Å². The minimum absolute atomic E-state index is 0.114. The Kier molecular flexibility index (Phi) is 2.49. The number of imide groups is 1. The Morgan fingerprint density at radius 2 is 1.68 bits per heavy atom. The van der Waals surface area contributed by atoms with Crippen LogP contribution in [0.2, 0.25) is 0 Å². The molecule has 4 rings (SSSR count). The molecule has 4 atom stereocenters. The van der Waals surface area contributed by atoms with E-state index in [-0.39, 0.29) is 46.7 Å². The highest BCUT2D eigenvalue weighted by atomic mass is 16.4. The van der Waals surface area contributed by atoms with Gasteiger partial charge in [-0.1, -0.05) is 12.2 Å². The smallest absolute Gasteiger partial charge is 0.339 e. The van der Waals surface area contributed by atoms with E-state index in [1.165, 1.54) is 12.1 Å². The van der Waals surface area contributed by atoms with E-state index in [2.05, 4.69) is 0 Å². The van der Waals surface area contributed by atoms with Gasteiger partial charge in [0.15, 0.2) is 0 Å². The van der Waals surface area contributed by atoms with E-state index < -0.39 is 11.7 Å². The third-order valence-electron chi connectivity index (χ3n) is 4.94. The average Bonchev–Trinajstić information content (AvgIpc) is 3.12. The molecule has 0 spiro atoms. The molecule has 0 aromatic heterocycles. The van der Waals surface area contributed by atoms with Crippen molar-refractivity contribution in [3.8, 4) is 5.75 Å². The van der Waals surface area contributed by atoms with Crippen LogP contribution in [0.25, 0.3) is 0 Å². The molecule has 1 aliphatic heterocycles. The topological polar surface area (TPSA) is 94.9 Å². The van der Waals surface area contributed by atoms with Crippen LogP contribution in [0.1, 0.15) is 16.8 Å². The van der Waals surface area contributed by atoms with Crippen molar-refractivity contribution in [2.45, 2.75) is 6.42 Å². The van der Waals surface area contributed by atoms with Gasteiger partial charge in [-0.3, -0.25) is 9.59 Å². The Hall–Kier alpha value is -2.63. The summed E-state index contributed by atoms with van der Waals surface area (Å²) in [6, 6.07) is 3.75. The molecule has 3 aliphatic rings. The maximum absolute atomic E-state index is 12.6. The van der Waals surface area contributed by atoms with Gasteiger partial charge in [0, 0.05) is 6.07 Å². The van der Waals surface area contributed by atoms with E-state index in [1.807, 2.05) is 12.2 Å². The fourth-order valence-corrected chi connectivity index (χ4v) is 4.00. The lowest BCUT2D eigenvalue weighted by Gasteiger charge is -2.17. The van der Waals surface area contributed by atoms with Crippen molar-refractivity contribution in [3.05, 3.63) is 35.9 Å². The summed E-state index contributed by atoms with van der Waals surface area (Å²) in [7, 11) is 0. The quantitative estimate of drug-likeness (QED) is 0.636. The van der Waals surface area contributed by atoms with E-state index >= 15 is 0 Å². The number of benzene rings is 1. The zero-order chi connectivity index (χ0) is 15.6. The molecule has 1 aromatic carbocycles. The van der Waals surface area contributed by atoms with Crippen LogP contribution in [0.5, 0.6) is 5.75 Å². The predicted molar refractivity (Wildman–Crippen MR) is 75.3 cm³/mol. The summed E-state index contributed by atoms with van der Waals surface area (Å²) in [6.07, 6.45) is 4.86. The average molecular weight is 299 g/mol. The van der Waals surface area contributed by atoms with Crippen molar-refractivity contribution in [3.63, 3.8) is 0 Å². The molecule has 2 amide bonds. The zero-order valence-electron chi connectivity index (χ0n) is 11.5. The molecular formula is C16H13NO5. The Morgan fingerprint density at radius 3 is 2.18 bits per heavy atom. The third kappa shape index (κ3) is 1.52. The van der Waals surface area contributed by atoms with Crippen molar-refractivity contribution in [1.82, 2.24) is 0 Å². The largest absolute Gasteiger partial charge is 0.507 e. The number of hydrogen-bond donors (Lipinski definition) is 2. The number of amides is 2. The summed E-state index contributed by atoms with van der Waals surface area (Å²) in [4.78, 5) is 37.2. The van der Waals surface area contributed by atoms with Gasteiger partial charge in [0.25, 0.3) is 0 Å². The second kappa shape index (κ2) is 4.19. The Labute approximate surface area is 125 Å². The van der Waals surface area contributed by atoms with E-state index in [0.29, 0.717) is 0 Å². The first-order chi connectivity index (χ1) is 10.5. The number of aromatic hydroxyl groups is 1. The molecule has 1 saturated heterocycles. The number of carbonyl (C=O) groups is 3. The first kappa shape index (κ1) is 13.1. The van der Waals surface area contributed by atoms with Crippen molar-refractivity contribution >= 4 is 23.5 Å². The van der Waals surface area contributed by atoms with Gasteiger partial charge in [0.2, 0.25) is 11.8 Å². The summed E-state index contributed by atoms with van der Waals surface area (Å²) in [5.74, 6) is -2.63. The highest BCUT2D eigenvalue weighted by Crippen LogP contribution is 2.53. The molecule has 6 nitrogen and oxygen atoms in total. The molecular weight excluding hydrogens is 286 g/mol. The van der Waals surface area contributed by atoms with Crippen molar-refractivity contribution in [2.24, 2.45) is 23.7 Å². The van der Waals surface area contributed by atoms with Crippen LogP contribution in [-0.4, -0.2) is 28.0 Å². The number of allylic oxidation sites excluding steroid dienone is 2. The van der Waals surface area contributed by atoms with Crippen LogP contribution in [0.4, 0.5) is 5.69 Å². The molecule has 6 heteroatoms. The summed E-state index contributed by atoms with van der Waals surface area (Å²) < 4.78 is 0. The third-order valence-corrected chi connectivity index (χ3v) is 4.94. The van der Waals surface area contributed by atoms with Gasteiger partial charge in [-0.2, -0.15) is 0 Å². The maximum atomic E-state index is 12.6. The number of fused-ring (bicyclic) bond motifs is 5. The molecule has 2 N–H and O–H groups in total. The number of anilines is 1. The lowest BCUT2D eigenvalue weighted by atomic mass is 9.85. The molecule has 1 heterocycles. The van der Waals surface area contributed by atoms with Crippen molar-refractivity contribution in [1.29, 1.82) is 0 Å². The lowest BCUT2D eigenvalue weighted by Crippen LogP contribution is -2.32. The van der Waals surface area contributed by atoms with Gasteiger partial charge >= 0.3 is 5.97 Å². The van der Waals surface area contributed by atoms with Crippen LogP contribution in [0.3, 0.4) is 0 Å². The molecule has 1 aromatic rings. The van der Waals surface area contributed by atoms with Crippen LogP contribution in [0.15, 0.2) is 30.4 Å². The second-order valence-corrected chi connectivity index (χ2v) is 6.02. The van der Waals surface area contributed by atoms with E-state index in [9.17, 15) is 19.5 Å². The van der Waals surface area contributed by atoms with Crippen molar-refractivity contribution < 1.29 is 24.6 Å². The van der Waals surface area contributed by atoms with Gasteiger partial charge in [-0.05, 0) is 30.4 Å². The monoisotopic (exact) mass is 299 g/mol. The zero-order valence-corrected chi connectivity index (χ0v) is 11.5. The fourth-order valence-electron chi connectivity index (χ4n) is 4.00. The van der Waals surface area contributed by atoms with Crippen LogP contribution >= 0.6 is 0 Å². The van der Waals surface area contributed by atoms with Crippen LogP contribution < -0.4 is 4.90 Å². The maximum Gasteiger partial charge on any atom is 0.339 e. The fraction of sp³-hybridized carbons (Fsp3) is 0.312. The van der Waals surface area contributed by atoms with Gasteiger partial charge in [-0.25, -0.2) is 9.69 Å². The summed E-state index contributed by atoms with van der Waals surface area (Å²) >= 11 is 0. The Bertz CT molecular complexity index is 723. The van der Waals surface area contributed by atoms with Gasteiger partial charge in [0.05, 0.1) is 17.5 Å². The van der Waals surface area contributed by atoms with Crippen molar-refractivity contribution in [2.75, 3.05) is 4.90 Å². The Morgan fingerprint density at radius 1 is 1.09 bits per heavy atom. The highest BCUT2D eigenvalue weighted by molar-refractivity contribution is 6.23. The van der Waals surface area contributed by atoms with E-state index in [1.54, 1.807) is 0 Å². The number of nitrogens with zero attached hydrogens (tertiary/aromatic N) is 1. The number of carboxylic acids is 1. The number of rotatable bonds is 2. The SMILES string of the molecule is O=C(O)c1ccc(N2C(=O)[C@H]3[C@H](C2=O)[C@H]2C=C[C@H]3C2)cc1O. The molecule has 2 fully saturated rings. The number of phenols is 1. The number of carboxylic acid groups (broad SMARTS) is 1. The molecule has 0 radical (unpaired) electrons. The molecule has 2 aliphatic carbocycles. The van der Waals surface area contributed by atoms with Crippen LogP contribution in [0, 0.1) is 23.7 Å². The highest BCUT2D eigenvalue weighted by Gasteiger charge is 2.59. The van der Waals surface area contributed by atoms with Gasteiger partial charge in [-0.15, -0.1) is 0 Å². The summed E-state index contributed by atoms with van der Waals surface area (Å²) in [6.45, 7) is 0. The summed E-state index contributed by atoms with van der Waals surface area (Å²) in [5, 5.41) is 18.7. The molecule has 112 valence electrons. The van der Waals surface area contributed by atoms with E-state index in [0.717, 1.165) is 17.4 Å². The number of hydrogen-bond acceptors (Lipinski definition) is 4. The minimum atomic E-state index is -1.26. The standard InChI is InChI=1S/C16H13NO5/c18-11-6-9(3-4-10(11)16(21)22)17-14(19)12-7-1-2-8(5-7)13(12)15(17)20/h1-4,6-8,12-13,18H,5H2,(H,21,22)/t7-,8-,12+,13+/m0/s1. The second-order valence-electron chi connectivity index (χ2n) is 6.02. The molecule has 1 saturated carbocycles. The first-order valence-electron chi connectivity index (χ1n) is 7.11. The van der Waals surface area contributed by atoms with E-state index in [4.69, 9.17) is 5.11 Å². The molecule has 22 heavy (non-hydrogen) atoms. The lowest BCUT2D eigenvalue weighted by molar-refractivity contribution is -0.123. The van der Waals surface area contributed by atoms with Gasteiger partial charge in [0.1, 0.15) is 11.3 Å². The summed E-state index contributed by atoms with van der Waals surface area (Å²) in [5.41, 5.74) is -0.0314. The Balaban J connectivity index is 1.73. The minimum Gasteiger partial charge on any atom is -0.507 e. The normalized spacial score (nSPS) is 31.9. The predicted octanol–water partition coefficient (Wildman–Crippen LogP) is 1.40. The molecule has 0 unspecified atom stereocenters.